The van der Waals surface area contributed by atoms with Crippen molar-refractivity contribution in [1.82, 2.24) is 0 Å². The van der Waals surface area contributed by atoms with Gasteiger partial charge in [-0.15, -0.1) is 0 Å². The summed E-state index contributed by atoms with van der Waals surface area (Å²) in [6.07, 6.45) is 5.29. The second kappa shape index (κ2) is 5.08. The van der Waals surface area contributed by atoms with E-state index in [1.807, 2.05) is 12.1 Å². The van der Waals surface area contributed by atoms with Crippen LogP contribution < -0.4 is 10.5 Å². The van der Waals surface area contributed by atoms with Gasteiger partial charge >= 0.3 is 6.09 Å². The molecule has 122 valence electrons. The number of rotatable bonds is 1. The minimum absolute atomic E-state index is 0.0757. The van der Waals surface area contributed by atoms with Gasteiger partial charge in [-0.05, 0) is 73.1 Å². The second-order valence-corrected chi connectivity index (χ2v) is 7.62. The van der Waals surface area contributed by atoms with Crippen LogP contribution in [-0.2, 0) is 11.2 Å². The first-order valence-electron chi connectivity index (χ1n) is 8.62. The number of amides is 1. The van der Waals surface area contributed by atoms with Crippen LogP contribution in [0.2, 0.25) is 0 Å². The smallest absolute Gasteiger partial charge is 0.409 e. The van der Waals surface area contributed by atoms with Crippen LogP contribution in [0.15, 0.2) is 18.2 Å². The highest BCUT2D eigenvalue weighted by Gasteiger charge is 2.54. The van der Waals surface area contributed by atoms with Crippen molar-refractivity contribution in [2.24, 2.45) is 23.0 Å². The number of carbonyl (C=O) groups excluding carboxylic acids is 2. The molecule has 0 saturated heterocycles. The number of fused-ring (bicyclic) bond motifs is 5. The van der Waals surface area contributed by atoms with Crippen molar-refractivity contribution in [2.75, 3.05) is 0 Å². The van der Waals surface area contributed by atoms with Gasteiger partial charge in [0.05, 0.1) is 0 Å². The molecule has 0 aromatic heterocycles. The van der Waals surface area contributed by atoms with E-state index in [4.69, 9.17) is 10.5 Å². The second-order valence-electron chi connectivity index (χ2n) is 7.62. The minimum atomic E-state index is -0.767. The summed E-state index contributed by atoms with van der Waals surface area (Å²) in [6, 6.07) is 5.91. The quantitative estimate of drug-likeness (QED) is 0.861. The average molecular weight is 313 g/mol. The third-order valence-corrected chi connectivity index (χ3v) is 6.63. The zero-order valence-corrected chi connectivity index (χ0v) is 13.5. The summed E-state index contributed by atoms with van der Waals surface area (Å²) < 4.78 is 5.01. The Labute approximate surface area is 136 Å². The van der Waals surface area contributed by atoms with E-state index in [0.717, 1.165) is 38.5 Å². The normalized spacial score (nSPS) is 35.2. The molecule has 4 unspecified atom stereocenters. The number of primary amides is 1. The predicted molar refractivity (Wildman–Crippen MR) is 86.3 cm³/mol. The van der Waals surface area contributed by atoms with Crippen LogP contribution >= 0.6 is 0 Å². The standard InChI is InChI=1S/C19H23NO3/c1-19-9-8-14-13-5-3-12(23-18(20)22)10-11(13)2-4-15(14)16(19)6-7-17(19)21/h3,5,10,14-16H,2,4,6-9H2,1H3,(H2,20,22). The lowest BCUT2D eigenvalue weighted by atomic mass is 9.55. The van der Waals surface area contributed by atoms with Crippen molar-refractivity contribution in [3.05, 3.63) is 29.3 Å². The zero-order valence-electron chi connectivity index (χ0n) is 13.5. The molecule has 0 radical (unpaired) electrons. The number of nitrogens with two attached hydrogens (primary N) is 1. The Balaban J connectivity index is 1.65. The summed E-state index contributed by atoms with van der Waals surface area (Å²) in [7, 11) is 0. The van der Waals surface area contributed by atoms with Gasteiger partial charge in [0.1, 0.15) is 11.5 Å². The van der Waals surface area contributed by atoms with E-state index >= 15 is 0 Å². The number of benzene rings is 1. The van der Waals surface area contributed by atoms with Gasteiger partial charge in [0.15, 0.2) is 0 Å². The number of aryl methyl sites for hydroxylation is 1. The van der Waals surface area contributed by atoms with Crippen molar-refractivity contribution in [1.29, 1.82) is 0 Å². The summed E-state index contributed by atoms with van der Waals surface area (Å²) >= 11 is 0. The Bertz CT molecular complexity index is 683. The molecule has 3 aliphatic carbocycles. The molecule has 4 rings (SSSR count). The van der Waals surface area contributed by atoms with E-state index < -0.39 is 6.09 Å². The van der Waals surface area contributed by atoms with Crippen LogP contribution in [0, 0.1) is 17.3 Å². The molecule has 0 heterocycles. The molecule has 2 fully saturated rings. The van der Waals surface area contributed by atoms with Gasteiger partial charge in [-0.3, -0.25) is 4.79 Å². The lowest BCUT2D eigenvalue weighted by Gasteiger charge is -2.48. The molecule has 0 spiro atoms. The topological polar surface area (TPSA) is 69.4 Å². The van der Waals surface area contributed by atoms with E-state index in [0.29, 0.717) is 29.3 Å². The van der Waals surface area contributed by atoms with Gasteiger partial charge in [-0.25, -0.2) is 4.79 Å². The van der Waals surface area contributed by atoms with Crippen molar-refractivity contribution < 1.29 is 14.3 Å². The van der Waals surface area contributed by atoms with Gasteiger partial charge < -0.3 is 10.5 Å². The Morgan fingerprint density at radius 1 is 1.26 bits per heavy atom. The molecule has 0 bridgehead atoms. The third kappa shape index (κ3) is 2.19. The summed E-state index contributed by atoms with van der Waals surface area (Å²) in [5.74, 6) is 2.73. The van der Waals surface area contributed by atoms with Crippen LogP contribution in [-0.4, -0.2) is 11.9 Å². The Morgan fingerprint density at radius 3 is 2.87 bits per heavy atom. The minimum Gasteiger partial charge on any atom is -0.410 e. The molecule has 23 heavy (non-hydrogen) atoms. The summed E-state index contributed by atoms with van der Waals surface area (Å²) in [6.45, 7) is 2.20. The summed E-state index contributed by atoms with van der Waals surface area (Å²) in [4.78, 5) is 23.3. The maximum absolute atomic E-state index is 12.3. The highest BCUT2D eigenvalue weighted by molar-refractivity contribution is 5.87. The van der Waals surface area contributed by atoms with Crippen LogP contribution in [0.4, 0.5) is 4.79 Å². The Morgan fingerprint density at radius 2 is 2.09 bits per heavy atom. The highest BCUT2D eigenvalue weighted by Crippen LogP contribution is 2.59. The molecule has 1 aromatic carbocycles. The third-order valence-electron chi connectivity index (χ3n) is 6.63. The Kier molecular flexibility index (Phi) is 3.26. The summed E-state index contributed by atoms with van der Waals surface area (Å²) in [5, 5.41) is 0. The molecule has 4 heteroatoms. The molecule has 2 saturated carbocycles. The molecule has 4 nitrogen and oxygen atoms in total. The van der Waals surface area contributed by atoms with Gasteiger partial charge in [-0.1, -0.05) is 13.0 Å². The largest absolute Gasteiger partial charge is 0.410 e. The van der Waals surface area contributed by atoms with E-state index in [9.17, 15) is 9.59 Å². The maximum atomic E-state index is 12.3. The first-order chi connectivity index (χ1) is 11.0. The van der Waals surface area contributed by atoms with E-state index in [1.54, 1.807) is 0 Å². The van der Waals surface area contributed by atoms with Crippen LogP contribution in [0.5, 0.6) is 5.75 Å². The number of Topliss-reactive ketones (excluding diaryl/α,β-unsaturated/α-hetero) is 1. The van der Waals surface area contributed by atoms with Crippen LogP contribution in [0.25, 0.3) is 0 Å². The van der Waals surface area contributed by atoms with Crippen molar-refractivity contribution in [3.8, 4) is 5.75 Å². The molecular weight excluding hydrogens is 290 g/mol. The number of ether oxygens (including phenoxy) is 1. The van der Waals surface area contributed by atoms with Gasteiger partial charge in [-0.2, -0.15) is 0 Å². The number of hydrogen-bond donors (Lipinski definition) is 1. The molecule has 4 atom stereocenters. The van der Waals surface area contributed by atoms with Crippen molar-refractivity contribution in [2.45, 2.75) is 51.4 Å². The van der Waals surface area contributed by atoms with Crippen molar-refractivity contribution >= 4 is 11.9 Å². The van der Waals surface area contributed by atoms with Gasteiger partial charge in [0.25, 0.3) is 0 Å². The number of ketones is 1. The van der Waals surface area contributed by atoms with Gasteiger partial charge in [0.2, 0.25) is 0 Å². The Hall–Kier alpha value is -1.84. The molecule has 1 aromatic rings. The maximum Gasteiger partial charge on any atom is 0.409 e. The first-order valence-corrected chi connectivity index (χ1v) is 8.62. The molecule has 0 aliphatic heterocycles. The van der Waals surface area contributed by atoms with Gasteiger partial charge in [0, 0.05) is 11.8 Å². The fourth-order valence-electron chi connectivity index (χ4n) is 5.51. The SMILES string of the molecule is CC12CCC3c4ccc(OC(N)=O)cc4CCC3C1CCC2=O. The van der Waals surface area contributed by atoms with E-state index in [-0.39, 0.29) is 5.41 Å². The van der Waals surface area contributed by atoms with Crippen LogP contribution in [0.1, 0.15) is 56.1 Å². The lowest BCUT2D eigenvalue weighted by Crippen LogP contribution is -2.42. The molecule has 3 aliphatic rings. The zero-order chi connectivity index (χ0) is 16.2. The first kappa shape index (κ1) is 14.7. The monoisotopic (exact) mass is 313 g/mol. The average Bonchev–Trinajstić information content (AvgIpc) is 2.82. The van der Waals surface area contributed by atoms with Crippen LogP contribution in [0.3, 0.4) is 0 Å². The van der Waals surface area contributed by atoms with Crippen molar-refractivity contribution in [3.63, 3.8) is 0 Å². The number of hydrogen-bond acceptors (Lipinski definition) is 3. The van der Waals surface area contributed by atoms with E-state index in [1.165, 1.54) is 11.1 Å². The fraction of sp³-hybridized carbons (Fsp3) is 0.579. The summed E-state index contributed by atoms with van der Waals surface area (Å²) in [5.41, 5.74) is 7.69. The molecule has 2 N–H and O–H groups in total. The number of carbonyl (C=O) groups is 2. The molecule has 1 amide bonds. The fourth-order valence-corrected chi connectivity index (χ4v) is 5.51. The van der Waals surface area contributed by atoms with E-state index in [2.05, 4.69) is 13.0 Å². The predicted octanol–water partition coefficient (Wildman–Crippen LogP) is 3.57. The molecular formula is C19H23NO3. The highest BCUT2D eigenvalue weighted by atomic mass is 16.5. The lowest BCUT2D eigenvalue weighted by molar-refractivity contribution is -0.129.